The summed E-state index contributed by atoms with van der Waals surface area (Å²) < 4.78 is 5.26. The first-order valence-corrected chi connectivity index (χ1v) is 9.83. The molecule has 1 saturated heterocycles. The van der Waals surface area contributed by atoms with Crippen molar-refractivity contribution in [3.63, 3.8) is 0 Å². The number of carbonyl (C=O) groups excluding carboxylic acids is 2. The number of alkyl carbamates (subject to hydrolysis) is 1. The molecule has 6 nitrogen and oxygen atoms in total. The molecular weight excluding hydrogens is 354 g/mol. The lowest BCUT2D eigenvalue weighted by molar-refractivity contribution is 0.136. The van der Waals surface area contributed by atoms with Crippen LogP contribution in [-0.2, 0) is 24.2 Å². The van der Waals surface area contributed by atoms with Gasteiger partial charge >= 0.3 is 12.1 Å². The number of benzene rings is 2. The number of amides is 3. The zero-order chi connectivity index (χ0) is 19.3. The molecule has 2 aromatic carbocycles. The maximum atomic E-state index is 12.6. The van der Waals surface area contributed by atoms with Crippen LogP contribution in [0.3, 0.4) is 0 Å². The van der Waals surface area contributed by atoms with Crippen LogP contribution in [0.25, 0.3) is 0 Å². The molecular formula is C22H25N3O3. The maximum absolute atomic E-state index is 12.6. The predicted molar refractivity (Wildman–Crippen MR) is 107 cm³/mol. The molecule has 1 atom stereocenters. The zero-order valence-electron chi connectivity index (χ0n) is 15.8. The number of hydrogen-bond donors (Lipinski definition) is 2. The third-order valence-corrected chi connectivity index (χ3v) is 5.40. The van der Waals surface area contributed by atoms with Crippen molar-refractivity contribution in [2.75, 3.05) is 18.4 Å². The molecule has 3 amide bonds. The number of nitrogens with zero attached hydrogens (tertiary/aromatic N) is 1. The highest BCUT2D eigenvalue weighted by molar-refractivity contribution is 5.90. The van der Waals surface area contributed by atoms with Gasteiger partial charge in [0, 0.05) is 18.8 Å². The second-order valence-corrected chi connectivity index (χ2v) is 7.36. The van der Waals surface area contributed by atoms with E-state index in [2.05, 4.69) is 16.7 Å². The highest BCUT2D eigenvalue weighted by atomic mass is 16.5. The van der Waals surface area contributed by atoms with Crippen molar-refractivity contribution in [1.82, 2.24) is 10.2 Å². The summed E-state index contributed by atoms with van der Waals surface area (Å²) in [4.78, 5) is 26.4. The van der Waals surface area contributed by atoms with Gasteiger partial charge in [-0.25, -0.2) is 9.59 Å². The molecule has 2 aliphatic rings. The Hall–Kier alpha value is -3.02. The van der Waals surface area contributed by atoms with Crippen molar-refractivity contribution in [3.05, 3.63) is 65.2 Å². The summed E-state index contributed by atoms with van der Waals surface area (Å²) in [5.41, 5.74) is 4.45. The molecule has 1 aliphatic heterocycles. The Bertz CT molecular complexity index is 853. The number of carbonyl (C=O) groups is 2. The first-order valence-electron chi connectivity index (χ1n) is 9.83. The largest absolute Gasteiger partial charge is 0.445 e. The topological polar surface area (TPSA) is 70.7 Å². The molecule has 0 bridgehead atoms. The van der Waals surface area contributed by atoms with Gasteiger partial charge in [0.1, 0.15) is 6.61 Å². The summed E-state index contributed by atoms with van der Waals surface area (Å²) in [6, 6.07) is 15.5. The first kappa shape index (κ1) is 18.3. The number of nitrogens with one attached hydrogen (secondary N) is 2. The minimum absolute atomic E-state index is 0.0875. The molecule has 0 spiro atoms. The smallest absolute Gasteiger partial charge is 0.407 e. The van der Waals surface area contributed by atoms with Crippen molar-refractivity contribution in [1.29, 1.82) is 0 Å². The number of anilines is 1. The summed E-state index contributed by atoms with van der Waals surface area (Å²) in [5.74, 6) is 0. The Morgan fingerprint density at radius 2 is 1.93 bits per heavy atom. The van der Waals surface area contributed by atoms with Gasteiger partial charge in [0.25, 0.3) is 0 Å². The minimum atomic E-state index is -0.447. The van der Waals surface area contributed by atoms with E-state index in [1.165, 1.54) is 11.1 Å². The predicted octanol–water partition coefficient (Wildman–Crippen LogP) is 3.71. The zero-order valence-corrected chi connectivity index (χ0v) is 15.8. The number of hydrogen-bond acceptors (Lipinski definition) is 3. The van der Waals surface area contributed by atoms with Crippen molar-refractivity contribution >= 4 is 17.8 Å². The summed E-state index contributed by atoms with van der Waals surface area (Å²) in [7, 11) is 0. The molecule has 146 valence electrons. The third-order valence-electron chi connectivity index (χ3n) is 5.40. The lowest BCUT2D eigenvalue weighted by Gasteiger charge is -2.19. The molecule has 1 heterocycles. The van der Waals surface area contributed by atoms with E-state index in [9.17, 15) is 9.59 Å². The van der Waals surface area contributed by atoms with Crippen LogP contribution in [-0.4, -0.2) is 36.2 Å². The van der Waals surface area contributed by atoms with Crippen molar-refractivity contribution in [2.45, 2.75) is 38.3 Å². The molecule has 0 radical (unpaired) electrons. The number of rotatable bonds is 4. The fraction of sp³-hybridized carbons (Fsp3) is 0.364. The van der Waals surface area contributed by atoms with Crippen LogP contribution in [0.4, 0.5) is 15.3 Å². The van der Waals surface area contributed by atoms with Gasteiger partial charge in [0.15, 0.2) is 0 Å². The fourth-order valence-corrected chi connectivity index (χ4v) is 3.93. The van der Waals surface area contributed by atoms with E-state index >= 15 is 0 Å². The number of likely N-dealkylation sites (tertiary alicyclic amines) is 1. The number of aryl methyl sites for hydroxylation is 1. The van der Waals surface area contributed by atoms with E-state index in [-0.39, 0.29) is 18.7 Å². The Morgan fingerprint density at radius 3 is 2.79 bits per heavy atom. The lowest BCUT2D eigenvalue weighted by Crippen LogP contribution is -2.40. The summed E-state index contributed by atoms with van der Waals surface area (Å²) in [6.07, 6.45) is 3.52. The van der Waals surface area contributed by atoms with Crippen LogP contribution in [0, 0.1) is 0 Å². The van der Waals surface area contributed by atoms with E-state index in [0.717, 1.165) is 36.9 Å². The molecule has 2 N–H and O–H groups in total. The normalized spacial score (nSPS) is 17.9. The van der Waals surface area contributed by atoms with Gasteiger partial charge in [-0.15, -0.1) is 0 Å². The van der Waals surface area contributed by atoms with Gasteiger partial charge in [-0.1, -0.05) is 42.5 Å². The van der Waals surface area contributed by atoms with Gasteiger partial charge in [-0.05, 0) is 48.4 Å². The highest BCUT2D eigenvalue weighted by Crippen LogP contribution is 2.29. The second kappa shape index (κ2) is 8.33. The van der Waals surface area contributed by atoms with Crippen LogP contribution in [0.15, 0.2) is 48.5 Å². The Kier molecular flexibility index (Phi) is 5.46. The first-order chi connectivity index (χ1) is 13.7. The quantitative estimate of drug-likeness (QED) is 0.851. The monoisotopic (exact) mass is 379 g/mol. The van der Waals surface area contributed by atoms with Crippen molar-refractivity contribution < 1.29 is 14.3 Å². The maximum Gasteiger partial charge on any atom is 0.407 e. The molecule has 1 aliphatic carbocycles. The molecule has 6 heteroatoms. The average Bonchev–Trinajstić information content (AvgIpc) is 3.37. The SMILES string of the molecule is O=C(NC1CCN(C(=O)Nc2cccc3c2CCC3)C1)OCc1ccccc1. The van der Waals surface area contributed by atoms with Crippen LogP contribution in [0.1, 0.15) is 29.5 Å². The molecule has 0 aromatic heterocycles. The molecule has 28 heavy (non-hydrogen) atoms. The van der Waals surface area contributed by atoms with E-state index < -0.39 is 6.09 Å². The molecule has 4 rings (SSSR count). The second-order valence-electron chi connectivity index (χ2n) is 7.36. The van der Waals surface area contributed by atoms with E-state index in [0.29, 0.717) is 13.1 Å². The highest BCUT2D eigenvalue weighted by Gasteiger charge is 2.28. The van der Waals surface area contributed by atoms with Gasteiger partial charge in [-0.2, -0.15) is 0 Å². The molecule has 0 saturated carbocycles. The van der Waals surface area contributed by atoms with Crippen molar-refractivity contribution in [3.8, 4) is 0 Å². The summed E-state index contributed by atoms with van der Waals surface area (Å²) in [5, 5.41) is 5.90. The number of ether oxygens (including phenoxy) is 1. The Balaban J connectivity index is 1.25. The van der Waals surface area contributed by atoms with Crippen LogP contribution >= 0.6 is 0 Å². The molecule has 1 unspecified atom stereocenters. The number of urea groups is 1. The fourth-order valence-electron chi connectivity index (χ4n) is 3.93. The summed E-state index contributed by atoms with van der Waals surface area (Å²) >= 11 is 0. The Morgan fingerprint density at radius 1 is 1.07 bits per heavy atom. The van der Waals surface area contributed by atoms with Crippen molar-refractivity contribution in [2.24, 2.45) is 0 Å². The van der Waals surface area contributed by atoms with Crippen LogP contribution in [0.2, 0.25) is 0 Å². The van der Waals surface area contributed by atoms with Gasteiger partial charge in [-0.3, -0.25) is 0 Å². The number of fused-ring (bicyclic) bond motifs is 1. The van der Waals surface area contributed by atoms with E-state index in [4.69, 9.17) is 4.74 Å². The van der Waals surface area contributed by atoms with E-state index in [1.54, 1.807) is 4.90 Å². The average molecular weight is 379 g/mol. The van der Waals surface area contributed by atoms with Crippen LogP contribution in [0.5, 0.6) is 0 Å². The standard InChI is InChI=1S/C22H25N3O3/c26-21(24-20-11-5-9-17-8-4-10-19(17)20)25-13-12-18(14-25)23-22(27)28-15-16-6-2-1-3-7-16/h1-3,5-7,9,11,18H,4,8,10,12-15H2,(H,23,27)(H,24,26). The van der Waals surface area contributed by atoms with E-state index in [1.807, 2.05) is 42.5 Å². The lowest BCUT2D eigenvalue weighted by atomic mass is 10.1. The molecule has 2 aromatic rings. The van der Waals surface area contributed by atoms with Crippen LogP contribution < -0.4 is 10.6 Å². The summed E-state index contributed by atoms with van der Waals surface area (Å²) in [6.45, 7) is 1.34. The van der Waals surface area contributed by atoms with Gasteiger partial charge < -0.3 is 20.3 Å². The van der Waals surface area contributed by atoms with Gasteiger partial charge in [0.05, 0.1) is 6.04 Å². The third kappa shape index (κ3) is 4.27. The minimum Gasteiger partial charge on any atom is -0.445 e. The Labute approximate surface area is 164 Å². The van der Waals surface area contributed by atoms with Gasteiger partial charge in [0.2, 0.25) is 0 Å². The molecule has 1 fully saturated rings.